The topological polar surface area (TPSA) is 34.0 Å². The van der Waals surface area contributed by atoms with Crippen molar-refractivity contribution in [2.45, 2.75) is 38.2 Å². The number of likely N-dealkylation sites (N-methyl/N-ethyl adjacent to an activating group) is 1. The first kappa shape index (κ1) is 10.9. The highest BCUT2D eigenvalue weighted by Gasteiger charge is 2.23. The van der Waals surface area contributed by atoms with Gasteiger partial charge < -0.3 is 4.57 Å². The van der Waals surface area contributed by atoms with Gasteiger partial charge in [0.05, 0.1) is 5.88 Å². The summed E-state index contributed by atoms with van der Waals surface area (Å²) < 4.78 is 2.08. The lowest BCUT2D eigenvalue weighted by molar-refractivity contribution is 0.243. The van der Waals surface area contributed by atoms with Crippen LogP contribution < -0.4 is 0 Å². The van der Waals surface area contributed by atoms with Crippen LogP contribution in [0.5, 0.6) is 0 Å². The van der Waals surface area contributed by atoms with Crippen LogP contribution in [0.2, 0.25) is 0 Å². The Morgan fingerprint density at radius 2 is 2.47 bits per heavy atom. The smallest absolute Gasteiger partial charge is 0.147 e. The summed E-state index contributed by atoms with van der Waals surface area (Å²) in [4.78, 5) is 2.51. The zero-order valence-corrected chi connectivity index (χ0v) is 9.82. The minimum Gasteiger partial charge on any atom is -0.315 e. The SMILES string of the molecule is CCN1CCCC1Cn1cnnc1CCl. The number of likely N-dealkylation sites (tertiary alicyclic amines) is 1. The Balaban J connectivity index is 2.01. The Morgan fingerprint density at radius 1 is 1.60 bits per heavy atom. The van der Waals surface area contributed by atoms with Gasteiger partial charge in [0.2, 0.25) is 0 Å². The Labute approximate surface area is 95.2 Å². The van der Waals surface area contributed by atoms with E-state index in [9.17, 15) is 0 Å². The van der Waals surface area contributed by atoms with Crippen molar-refractivity contribution in [1.29, 1.82) is 0 Å². The van der Waals surface area contributed by atoms with Crippen molar-refractivity contribution in [3.05, 3.63) is 12.2 Å². The van der Waals surface area contributed by atoms with E-state index in [-0.39, 0.29) is 0 Å². The second-order valence-electron chi connectivity index (χ2n) is 3.96. The highest BCUT2D eigenvalue weighted by Crippen LogP contribution is 2.18. The number of hydrogen-bond acceptors (Lipinski definition) is 3. The fraction of sp³-hybridized carbons (Fsp3) is 0.800. The van der Waals surface area contributed by atoms with Crippen molar-refractivity contribution in [1.82, 2.24) is 19.7 Å². The molecule has 0 N–H and O–H groups in total. The number of nitrogens with zero attached hydrogens (tertiary/aromatic N) is 4. The first-order valence-corrected chi connectivity index (χ1v) is 6.05. The first-order chi connectivity index (χ1) is 7.35. The molecule has 0 aromatic carbocycles. The molecule has 1 aromatic rings. The maximum absolute atomic E-state index is 5.79. The molecular weight excluding hydrogens is 212 g/mol. The number of alkyl halides is 1. The van der Waals surface area contributed by atoms with Crippen LogP contribution in [0.3, 0.4) is 0 Å². The van der Waals surface area contributed by atoms with E-state index in [4.69, 9.17) is 11.6 Å². The molecule has 0 spiro atoms. The van der Waals surface area contributed by atoms with E-state index in [2.05, 4.69) is 26.6 Å². The van der Waals surface area contributed by atoms with Gasteiger partial charge in [-0.15, -0.1) is 21.8 Å². The maximum Gasteiger partial charge on any atom is 0.147 e. The van der Waals surface area contributed by atoms with Gasteiger partial charge in [-0.3, -0.25) is 4.90 Å². The lowest BCUT2D eigenvalue weighted by Gasteiger charge is -2.23. The summed E-state index contributed by atoms with van der Waals surface area (Å²) in [6.07, 6.45) is 4.36. The van der Waals surface area contributed by atoms with Crippen molar-refractivity contribution in [3.8, 4) is 0 Å². The molecule has 0 aliphatic carbocycles. The van der Waals surface area contributed by atoms with Crippen LogP contribution in [0, 0.1) is 0 Å². The molecule has 5 heteroatoms. The molecule has 2 heterocycles. The zero-order chi connectivity index (χ0) is 10.7. The quantitative estimate of drug-likeness (QED) is 0.733. The van der Waals surface area contributed by atoms with Crippen molar-refractivity contribution < 1.29 is 0 Å². The summed E-state index contributed by atoms with van der Waals surface area (Å²) in [6.45, 7) is 5.54. The van der Waals surface area contributed by atoms with E-state index >= 15 is 0 Å². The third-order valence-corrected chi connectivity index (χ3v) is 3.37. The second-order valence-corrected chi connectivity index (χ2v) is 4.23. The summed E-state index contributed by atoms with van der Waals surface area (Å²) in [5, 5.41) is 7.89. The van der Waals surface area contributed by atoms with E-state index in [1.807, 2.05) is 0 Å². The molecule has 1 unspecified atom stereocenters. The van der Waals surface area contributed by atoms with Crippen LogP contribution in [0.15, 0.2) is 6.33 Å². The predicted molar refractivity (Wildman–Crippen MR) is 59.8 cm³/mol. The maximum atomic E-state index is 5.79. The molecule has 0 radical (unpaired) electrons. The molecule has 1 atom stereocenters. The molecule has 15 heavy (non-hydrogen) atoms. The molecule has 0 amide bonds. The van der Waals surface area contributed by atoms with Gasteiger partial charge in [-0.25, -0.2) is 0 Å². The van der Waals surface area contributed by atoms with Gasteiger partial charge in [0.15, 0.2) is 0 Å². The van der Waals surface area contributed by atoms with E-state index in [0.717, 1.165) is 18.9 Å². The summed E-state index contributed by atoms with van der Waals surface area (Å²) in [6, 6.07) is 0.632. The second kappa shape index (κ2) is 4.94. The van der Waals surface area contributed by atoms with Crippen LogP contribution in [0.25, 0.3) is 0 Å². The van der Waals surface area contributed by atoms with Gasteiger partial charge in [-0.1, -0.05) is 6.92 Å². The van der Waals surface area contributed by atoms with Crippen LogP contribution in [-0.4, -0.2) is 38.8 Å². The minimum atomic E-state index is 0.443. The molecule has 1 saturated heterocycles. The number of hydrogen-bond donors (Lipinski definition) is 0. The van der Waals surface area contributed by atoms with Gasteiger partial charge >= 0.3 is 0 Å². The van der Waals surface area contributed by atoms with Gasteiger partial charge in [-0.05, 0) is 25.9 Å². The fourth-order valence-electron chi connectivity index (χ4n) is 2.28. The molecular formula is C10H17ClN4. The molecule has 0 bridgehead atoms. The molecule has 2 rings (SSSR count). The lowest BCUT2D eigenvalue weighted by Crippen LogP contribution is -2.32. The Bertz CT molecular complexity index is 312. The number of rotatable bonds is 4. The van der Waals surface area contributed by atoms with E-state index in [1.165, 1.54) is 19.4 Å². The van der Waals surface area contributed by atoms with Gasteiger partial charge in [0.1, 0.15) is 12.2 Å². The summed E-state index contributed by atoms with van der Waals surface area (Å²) in [7, 11) is 0. The first-order valence-electron chi connectivity index (χ1n) is 5.51. The summed E-state index contributed by atoms with van der Waals surface area (Å²) >= 11 is 5.79. The van der Waals surface area contributed by atoms with Gasteiger partial charge in [-0.2, -0.15) is 0 Å². The monoisotopic (exact) mass is 228 g/mol. The molecule has 84 valence electrons. The lowest BCUT2D eigenvalue weighted by atomic mass is 10.2. The normalized spacial score (nSPS) is 22.4. The third-order valence-electron chi connectivity index (χ3n) is 3.13. The largest absolute Gasteiger partial charge is 0.315 e. The molecule has 4 nitrogen and oxygen atoms in total. The third kappa shape index (κ3) is 2.32. The summed E-state index contributed by atoms with van der Waals surface area (Å²) in [5.41, 5.74) is 0. The molecule has 1 fully saturated rings. The minimum absolute atomic E-state index is 0.443. The standard InChI is InChI=1S/C10H17ClN4/c1-2-14-5-3-4-9(14)7-15-8-12-13-10(15)6-11/h8-9H,2-7H2,1H3. The number of halogens is 1. The van der Waals surface area contributed by atoms with Gasteiger partial charge in [0.25, 0.3) is 0 Å². The fourth-order valence-corrected chi connectivity index (χ4v) is 2.49. The van der Waals surface area contributed by atoms with Crippen LogP contribution >= 0.6 is 11.6 Å². The van der Waals surface area contributed by atoms with Crippen molar-refractivity contribution in [3.63, 3.8) is 0 Å². The highest BCUT2D eigenvalue weighted by molar-refractivity contribution is 6.16. The van der Waals surface area contributed by atoms with Crippen LogP contribution in [-0.2, 0) is 12.4 Å². The zero-order valence-electron chi connectivity index (χ0n) is 9.06. The highest BCUT2D eigenvalue weighted by atomic mass is 35.5. The molecule has 1 aliphatic rings. The Morgan fingerprint density at radius 3 is 3.20 bits per heavy atom. The average molecular weight is 229 g/mol. The van der Waals surface area contributed by atoms with E-state index < -0.39 is 0 Å². The van der Waals surface area contributed by atoms with Crippen molar-refractivity contribution in [2.24, 2.45) is 0 Å². The number of aromatic nitrogens is 3. The van der Waals surface area contributed by atoms with E-state index in [0.29, 0.717) is 11.9 Å². The van der Waals surface area contributed by atoms with Crippen LogP contribution in [0.4, 0.5) is 0 Å². The van der Waals surface area contributed by atoms with E-state index in [1.54, 1.807) is 6.33 Å². The van der Waals surface area contributed by atoms with Crippen molar-refractivity contribution in [2.75, 3.05) is 13.1 Å². The van der Waals surface area contributed by atoms with Crippen molar-refractivity contribution >= 4 is 11.6 Å². The average Bonchev–Trinajstić information content (AvgIpc) is 2.87. The predicted octanol–water partition coefficient (Wildman–Crippen LogP) is 1.50. The summed E-state index contributed by atoms with van der Waals surface area (Å²) in [5.74, 6) is 1.32. The Hall–Kier alpha value is -0.610. The molecule has 1 aliphatic heterocycles. The Kier molecular flexibility index (Phi) is 3.59. The molecule has 1 aromatic heterocycles. The van der Waals surface area contributed by atoms with Crippen LogP contribution in [0.1, 0.15) is 25.6 Å². The van der Waals surface area contributed by atoms with Gasteiger partial charge in [0, 0.05) is 12.6 Å². The molecule has 0 saturated carbocycles.